The number of rotatable bonds is 7. The maximum absolute atomic E-state index is 12.5. The number of amides is 2. The molecular formula is C25H24N2O3. The number of hydrogen-bond donors (Lipinski definition) is 1. The predicted molar refractivity (Wildman–Crippen MR) is 118 cm³/mol. The van der Waals surface area contributed by atoms with E-state index in [0.717, 1.165) is 12.1 Å². The molecule has 0 aliphatic carbocycles. The molecule has 0 saturated carbocycles. The monoisotopic (exact) mass is 400 g/mol. The summed E-state index contributed by atoms with van der Waals surface area (Å²) >= 11 is 0. The number of carbonyl (C=O) groups excluding carboxylic acids is 2. The third kappa shape index (κ3) is 4.69. The lowest BCUT2D eigenvalue weighted by atomic mass is 10.0. The summed E-state index contributed by atoms with van der Waals surface area (Å²) in [6.45, 7) is 0.533. The van der Waals surface area contributed by atoms with Crippen LogP contribution in [0.3, 0.4) is 0 Å². The summed E-state index contributed by atoms with van der Waals surface area (Å²) in [5.74, 6) is 1.33. The number of nitrogens with one attached hydrogen (secondary N) is 1. The highest BCUT2D eigenvalue weighted by atomic mass is 16.5. The van der Waals surface area contributed by atoms with Gasteiger partial charge in [-0.15, -0.1) is 0 Å². The van der Waals surface area contributed by atoms with Crippen LogP contribution in [0, 0.1) is 0 Å². The molecular weight excluding hydrogens is 376 g/mol. The molecule has 152 valence electrons. The first kappa shape index (κ1) is 19.7. The van der Waals surface area contributed by atoms with Gasteiger partial charge in [0.15, 0.2) is 5.75 Å². The summed E-state index contributed by atoms with van der Waals surface area (Å²) in [5, 5.41) is 2.93. The number of anilines is 2. The fraction of sp³-hybridized carbons (Fsp3) is 0.200. The van der Waals surface area contributed by atoms with Gasteiger partial charge in [-0.3, -0.25) is 9.59 Å². The second-order valence-electron chi connectivity index (χ2n) is 7.24. The van der Waals surface area contributed by atoms with Gasteiger partial charge in [-0.2, -0.15) is 0 Å². The average Bonchev–Trinajstić information content (AvgIpc) is 2.77. The third-order valence-electron chi connectivity index (χ3n) is 5.11. The van der Waals surface area contributed by atoms with Gasteiger partial charge in [0, 0.05) is 25.1 Å². The van der Waals surface area contributed by atoms with Crippen LogP contribution in [0.2, 0.25) is 0 Å². The van der Waals surface area contributed by atoms with Gasteiger partial charge in [0.2, 0.25) is 11.8 Å². The van der Waals surface area contributed by atoms with Crippen molar-refractivity contribution in [3.05, 3.63) is 84.4 Å². The number of hydrogen-bond acceptors (Lipinski definition) is 3. The Morgan fingerprint density at radius 2 is 1.63 bits per heavy atom. The largest absolute Gasteiger partial charge is 0.455 e. The molecule has 30 heavy (non-hydrogen) atoms. The molecule has 0 atom stereocenters. The highest BCUT2D eigenvalue weighted by molar-refractivity contribution is 5.96. The van der Waals surface area contributed by atoms with Gasteiger partial charge >= 0.3 is 0 Å². The van der Waals surface area contributed by atoms with E-state index in [-0.39, 0.29) is 11.8 Å². The Hall–Kier alpha value is -3.60. The molecule has 1 aliphatic heterocycles. The summed E-state index contributed by atoms with van der Waals surface area (Å²) in [4.78, 5) is 26.7. The lowest BCUT2D eigenvalue weighted by molar-refractivity contribution is -0.119. The quantitative estimate of drug-likeness (QED) is 0.595. The van der Waals surface area contributed by atoms with Crippen LogP contribution in [-0.4, -0.2) is 18.4 Å². The zero-order valence-electron chi connectivity index (χ0n) is 16.7. The van der Waals surface area contributed by atoms with Crippen LogP contribution in [0.25, 0.3) is 0 Å². The number of benzene rings is 3. The van der Waals surface area contributed by atoms with E-state index < -0.39 is 0 Å². The first-order valence-electron chi connectivity index (χ1n) is 10.2. The number of carbonyl (C=O) groups is 2. The normalized spacial score (nSPS) is 12.9. The average molecular weight is 400 g/mol. The first-order chi connectivity index (χ1) is 14.7. The minimum Gasteiger partial charge on any atom is -0.455 e. The minimum absolute atomic E-state index is 0.100. The van der Waals surface area contributed by atoms with Crippen LogP contribution in [0.1, 0.15) is 24.8 Å². The van der Waals surface area contributed by atoms with E-state index in [2.05, 4.69) is 11.4 Å². The van der Waals surface area contributed by atoms with Gasteiger partial charge < -0.3 is 15.0 Å². The highest BCUT2D eigenvalue weighted by Crippen LogP contribution is 2.30. The molecule has 0 aromatic heterocycles. The Balaban J connectivity index is 1.34. The molecule has 1 N–H and O–H groups in total. The summed E-state index contributed by atoms with van der Waals surface area (Å²) in [5.41, 5.74) is 2.79. The summed E-state index contributed by atoms with van der Waals surface area (Å²) in [6, 6.07) is 24.8. The van der Waals surface area contributed by atoms with Crippen molar-refractivity contribution in [2.45, 2.75) is 25.7 Å². The van der Waals surface area contributed by atoms with E-state index in [0.29, 0.717) is 43.0 Å². The molecule has 0 spiro atoms. The zero-order valence-corrected chi connectivity index (χ0v) is 16.7. The van der Waals surface area contributed by atoms with Crippen LogP contribution in [0.5, 0.6) is 11.5 Å². The molecule has 0 bridgehead atoms. The Kier molecular flexibility index (Phi) is 6.09. The number of para-hydroxylation sites is 4. The van der Waals surface area contributed by atoms with Crippen molar-refractivity contribution in [1.82, 2.24) is 0 Å². The van der Waals surface area contributed by atoms with Crippen LogP contribution in [0.4, 0.5) is 11.4 Å². The van der Waals surface area contributed by atoms with Gasteiger partial charge in [0.1, 0.15) is 5.75 Å². The molecule has 5 nitrogen and oxygen atoms in total. The molecule has 0 fully saturated rings. The van der Waals surface area contributed by atoms with Crippen molar-refractivity contribution >= 4 is 23.2 Å². The van der Waals surface area contributed by atoms with E-state index in [9.17, 15) is 9.59 Å². The number of ether oxygens (including phenoxy) is 1. The fourth-order valence-electron chi connectivity index (χ4n) is 3.63. The Morgan fingerprint density at radius 1 is 0.900 bits per heavy atom. The Labute approximate surface area is 176 Å². The topological polar surface area (TPSA) is 58.6 Å². The lowest BCUT2D eigenvalue weighted by Gasteiger charge is -2.29. The molecule has 1 heterocycles. The van der Waals surface area contributed by atoms with E-state index in [1.165, 1.54) is 5.56 Å². The predicted octanol–water partition coefficient (Wildman–Crippen LogP) is 5.18. The molecule has 3 aromatic rings. The van der Waals surface area contributed by atoms with Crippen LogP contribution in [0.15, 0.2) is 78.9 Å². The van der Waals surface area contributed by atoms with E-state index in [4.69, 9.17) is 4.74 Å². The van der Waals surface area contributed by atoms with E-state index in [1.807, 2.05) is 72.8 Å². The summed E-state index contributed by atoms with van der Waals surface area (Å²) < 4.78 is 5.90. The summed E-state index contributed by atoms with van der Waals surface area (Å²) in [6.07, 6.45) is 2.22. The molecule has 4 rings (SSSR count). The van der Waals surface area contributed by atoms with Gasteiger partial charge in [-0.05, 0) is 48.7 Å². The SMILES string of the molecule is O=C(CCCN1C(=O)CCc2ccccc21)Nc1ccccc1Oc1ccccc1. The molecule has 0 saturated heterocycles. The van der Waals surface area contributed by atoms with Crippen LogP contribution < -0.4 is 15.0 Å². The van der Waals surface area contributed by atoms with Crippen molar-refractivity contribution < 1.29 is 14.3 Å². The molecule has 2 amide bonds. The van der Waals surface area contributed by atoms with E-state index in [1.54, 1.807) is 4.90 Å². The maximum atomic E-state index is 12.5. The van der Waals surface area contributed by atoms with Gasteiger partial charge in [0.05, 0.1) is 5.69 Å². The van der Waals surface area contributed by atoms with Gasteiger partial charge in [-0.1, -0.05) is 48.5 Å². The zero-order chi connectivity index (χ0) is 20.8. The smallest absolute Gasteiger partial charge is 0.227 e. The molecule has 0 radical (unpaired) electrons. The van der Waals surface area contributed by atoms with Crippen molar-refractivity contribution in [1.29, 1.82) is 0 Å². The Bertz CT molecular complexity index is 1030. The van der Waals surface area contributed by atoms with Gasteiger partial charge in [-0.25, -0.2) is 0 Å². The number of nitrogens with zero attached hydrogens (tertiary/aromatic N) is 1. The van der Waals surface area contributed by atoms with Crippen molar-refractivity contribution in [3.63, 3.8) is 0 Å². The minimum atomic E-state index is -0.100. The summed E-state index contributed by atoms with van der Waals surface area (Å²) in [7, 11) is 0. The van der Waals surface area contributed by atoms with Crippen LogP contribution in [-0.2, 0) is 16.0 Å². The molecule has 1 aliphatic rings. The van der Waals surface area contributed by atoms with Crippen molar-refractivity contribution in [2.75, 3.05) is 16.8 Å². The second-order valence-corrected chi connectivity index (χ2v) is 7.24. The number of fused-ring (bicyclic) bond motifs is 1. The van der Waals surface area contributed by atoms with Crippen molar-refractivity contribution in [3.8, 4) is 11.5 Å². The fourth-order valence-corrected chi connectivity index (χ4v) is 3.63. The van der Waals surface area contributed by atoms with Crippen LogP contribution >= 0.6 is 0 Å². The number of aryl methyl sites for hydroxylation is 1. The second kappa shape index (κ2) is 9.27. The molecule has 3 aromatic carbocycles. The lowest BCUT2D eigenvalue weighted by Crippen LogP contribution is -2.36. The maximum Gasteiger partial charge on any atom is 0.227 e. The van der Waals surface area contributed by atoms with E-state index >= 15 is 0 Å². The molecule has 5 heteroatoms. The van der Waals surface area contributed by atoms with Crippen molar-refractivity contribution in [2.24, 2.45) is 0 Å². The standard InChI is InChI=1S/C25H24N2O3/c28-24(15-8-18-27-22-13-6-4-9-19(22)16-17-25(27)29)26-21-12-5-7-14-23(21)30-20-10-2-1-3-11-20/h1-7,9-14H,8,15-18H2,(H,26,28). The molecule has 0 unspecified atom stereocenters. The third-order valence-corrected chi connectivity index (χ3v) is 5.11. The highest BCUT2D eigenvalue weighted by Gasteiger charge is 2.23. The Morgan fingerprint density at radius 3 is 2.50 bits per heavy atom. The van der Waals surface area contributed by atoms with Gasteiger partial charge in [0.25, 0.3) is 0 Å². The first-order valence-corrected chi connectivity index (χ1v) is 10.2.